The molecule has 1 aliphatic heterocycles. The molecular weight excluding hydrogens is 474 g/mol. The molecule has 0 bridgehead atoms. The monoisotopic (exact) mass is 501 g/mol. The molecule has 5 rings (SSSR count). The van der Waals surface area contributed by atoms with E-state index in [0.717, 1.165) is 66.1 Å². The van der Waals surface area contributed by atoms with Crippen LogP contribution in [0.3, 0.4) is 0 Å². The van der Waals surface area contributed by atoms with Crippen LogP contribution < -0.4 is 10.6 Å². The second-order valence-corrected chi connectivity index (χ2v) is 9.75. The molecule has 1 aliphatic rings. The van der Waals surface area contributed by atoms with Gasteiger partial charge in [0.25, 0.3) is 0 Å². The summed E-state index contributed by atoms with van der Waals surface area (Å²) in [4.78, 5) is 9.49. The molecule has 35 heavy (non-hydrogen) atoms. The number of rotatable bonds is 5. The molecule has 3 aromatic carbocycles. The SMILES string of the molecule is CN1CCN(Cc2ccc(NC(=S)Nc3ccc(Cl)c(-c4nccc5ccccc45)c3)cc2)CC1. The first-order valence-electron chi connectivity index (χ1n) is 11.8. The Balaban J connectivity index is 1.25. The molecule has 0 atom stereocenters. The zero-order valence-electron chi connectivity index (χ0n) is 19.7. The molecule has 178 valence electrons. The van der Waals surface area contributed by atoms with Gasteiger partial charge in [0.15, 0.2) is 5.11 Å². The number of nitrogens with zero attached hydrogens (tertiary/aromatic N) is 3. The third-order valence-electron chi connectivity index (χ3n) is 6.37. The average molecular weight is 502 g/mol. The summed E-state index contributed by atoms with van der Waals surface area (Å²) in [5.74, 6) is 0. The fourth-order valence-corrected chi connectivity index (χ4v) is 4.81. The minimum atomic E-state index is 0.524. The lowest BCUT2D eigenvalue weighted by atomic mass is 10.0. The van der Waals surface area contributed by atoms with E-state index in [1.165, 1.54) is 5.56 Å². The Kier molecular flexibility index (Phi) is 7.25. The summed E-state index contributed by atoms with van der Waals surface area (Å²) in [6, 6.07) is 24.4. The maximum Gasteiger partial charge on any atom is 0.175 e. The zero-order valence-corrected chi connectivity index (χ0v) is 21.2. The van der Waals surface area contributed by atoms with Gasteiger partial charge in [0.2, 0.25) is 0 Å². The largest absolute Gasteiger partial charge is 0.332 e. The number of hydrogen-bond donors (Lipinski definition) is 2. The molecule has 0 amide bonds. The van der Waals surface area contributed by atoms with Gasteiger partial charge in [-0.25, -0.2) is 0 Å². The van der Waals surface area contributed by atoms with Crippen LogP contribution in [0, 0.1) is 0 Å². The fourth-order valence-electron chi connectivity index (χ4n) is 4.37. The number of hydrogen-bond acceptors (Lipinski definition) is 4. The molecule has 7 heteroatoms. The van der Waals surface area contributed by atoms with Crippen molar-refractivity contribution in [3.63, 3.8) is 0 Å². The van der Waals surface area contributed by atoms with Crippen LogP contribution in [0.1, 0.15) is 5.56 Å². The molecule has 0 radical (unpaired) electrons. The van der Waals surface area contributed by atoms with Gasteiger partial charge in [0, 0.05) is 61.2 Å². The zero-order chi connectivity index (χ0) is 24.2. The van der Waals surface area contributed by atoms with E-state index >= 15 is 0 Å². The third kappa shape index (κ3) is 5.80. The highest BCUT2D eigenvalue weighted by atomic mass is 35.5. The molecule has 0 spiro atoms. The molecule has 0 aliphatic carbocycles. The van der Waals surface area contributed by atoms with Crippen molar-refractivity contribution in [1.29, 1.82) is 0 Å². The van der Waals surface area contributed by atoms with Gasteiger partial charge >= 0.3 is 0 Å². The van der Waals surface area contributed by atoms with Gasteiger partial charge in [-0.15, -0.1) is 0 Å². The molecule has 1 saturated heterocycles. The van der Waals surface area contributed by atoms with Crippen molar-refractivity contribution in [2.45, 2.75) is 6.54 Å². The summed E-state index contributed by atoms with van der Waals surface area (Å²) in [5.41, 5.74) is 4.83. The van der Waals surface area contributed by atoms with Gasteiger partial charge in [-0.2, -0.15) is 0 Å². The predicted molar refractivity (Wildman–Crippen MR) is 151 cm³/mol. The van der Waals surface area contributed by atoms with Gasteiger partial charge in [0.05, 0.1) is 10.7 Å². The minimum absolute atomic E-state index is 0.524. The van der Waals surface area contributed by atoms with Crippen molar-refractivity contribution in [3.8, 4) is 11.3 Å². The van der Waals surface area contributed by atoms with Crippen LogP contribution in [0.15, 0.2) is 79.0 Å². The number of pyridine rings is 1. The van der Waals surface area contributed by atoms with E-state index in [9.17, 15) is 0 Å². The van der Waals surface area contributed by atoms with Gasteiger partial charge in [-0.3, -0.25) is 9.88 Å². The number of nitrogens with one attached hydrogen (secondary N) is 2. The second kappa shape index (κ2) is 10.7. The number of fused-ring (bicyclic) bond motifs is 1. The van der Waals surface area contributed by atoms with Crippen molar-refractivity contribution in [3.05, 3.63) is 89.6 Å². The molecule has 0 saturated carbocycles. The van der Waals surface area contributed by atoms with E-state index in [0.29, 0.717) is 10.1 Å². The average Bonchev–Trinajstić information content (AvgIpc) is 2.87. The summed E-state index contributed by atoms with van der Waals surface area (Å²) in [6.07, 6.45) is 1.81. The highest BCUT2D eigenvalue weighted by Gasteiger charge is 2.14. The fraction of sp³-hybridized carbons (Fsp3) is 0.214. The van der Waals surface area contributed by atoms with Crippen molar-refractivity contribution in [1.82, 2.24) is 14.8 Å². The highest BCUT2D eigenvalue weighted by Crippen LogP contribution is 2.33. The van der Waals surface area contributed by atoms with Crippen LogP contribution >= 0.6 is 23.8 Å². The first-order chi connectivity index (χ1) is 17.0. The van der Waals surface area contributed by atoms with Crippen molar-refractivity contribution < 1.29 is 0 Å². The molecule has 1 aromatic heterocycles. The van der Waals surface area contributed by atoms with E-state index in [2.05, 4.69) is 68.9 Å². The molecule has 5 nitrogen and oxygen atoms in total. The predicted octanol–water partition coefficient (Wildman–Crippen LogP) is 6.11. The first kappa shape index (κ1) is 23.7. The molecule has 1 fully saturated rings. The maximum atomic E-state index is 6.57. The van der Waals surface area contributed by atoms with Gasteiger partial charge in [-0.1, -0.05) is 48.0 Å². The van der Waals surface area contributed by atoms with Gasteiger partial charge < -0.3 is 15.5 Å². The minimum Gasteiger partial charge on any atom is -0.332 e. The Morgan fingerprint density at radius 3 is 2.43 bits per heavy atom. The van der Waals surface area contributed by atoms with E-state index in [-0.39, 0.29) is 0 Å². The summed E-state index contributed by atoms with van der Waals surface area (Å²) in [6.45, 7) is 5.46. The van der Waals surface area contributed by atoms with E-state index in [4.69, 9.17) is 23.8 Å². The number of aromatic nitrogens is 1. The van der Waals surface area contributed by atoms with Crippen molar-refractivity contribution in [2.75, 3.05) is 43.9 Å². The van der Waals surface area contributed by atoms with Crippen LogP contribution in [0.25, 0.3) is 22.0 Å². The Hall–Kier alpha value is -3.03. The number of likely N-dealkylation sites (N-methyl/N-ethyl adjacent to an activating group) is 1. The second-order valence-electron chi connectivity index (χ2n) is 8.93. The molecule has 0 unspecified atom stereocenters. The number of anilines is 2. The Morgan fingerprint density at radius 2 is 1.63 bits per heavy atom. The van der Waals surface area contributed by atoms with E-state index in [1.54, 1.807) is 0 Å². The number of benzene rings is 3. The van der Waals surface area contributed by atoms with Crippen LogP contribution in [0.5, 0.6) is 0 Å². The Labute approximate surface area is 216 Å². The topological polar surface area (TPSA) is 43.4 Å². The lowest BCUT2D eigenvalue weighted by Crippen LogP contribution is -2.43. The Bertz CT molecular complexity index is 1330. The summed E-state index contributed by atoms with van der Waals surface area (Å²) in [5, 5.41) is 9.92. The summed E-state index contributed by atoms with van der Waals surface area (Å²) >= 11 is 12.1. The Morgan fingerprint density at radius 1 is 0.914 bits per heavy atom. The van der Waals surface area contributed by atoms with E-state index < -0.39 is 0 Å². The third-order valence-corrected chi connectivity index (χ3v) is 6.90. The lowest BCUT2D eigenvalue weighted by molar-refractivity contribution is 0.148. The quantitative estimate of drug-likeness (QED) is 0.321. The number of thiocarbonyl (C=S) groups is 1. The van der Waals surface area contributed by atoms with Crippen molar-refractivity contribution in [2.24, 2.45) is 0 Å². The van der Waals surface area contributed by atoms with Gasteiger partial charge in [0.1, 0.15) is 0 Å². The van der Waals surface area contributed by atoms with E-state index in [1.807, 2.05) is 42.6 Å². The standard InChI is InChI=1S/C28H28ClN5S/c1-33-14-16-34(17-15-33)19-20-6-8-22(9-7-20)31-28(35)32-23-10-11-26(29)25(18-23)27-24-5-3-2-4-21(24)12-13-30-27/h2-13,18H,14-17,19H2,1H3,(H2,31,32,35). The lowest BCUT2D eigenvalue weighted by Gasteiger charge is -2.32. The number of piperazine rings is 1. The maximum absolute atomic E-state index is 6.57. The first-order valence-corrected chi connectivity index (χ1v) is 12.6. The van der Waals surface area contributed by atoms with Crippen LogP contribution in [0.4, 0.5) is 11.4 Å². The molecule has 2 heterocycles. The summed E-state index contributed by atoms with van der Waals surface area (Å²) < 4.78 is 0. The molecule has 2 N–H and O–H groups in total. The van der Waals surface area contributed by atoms with Gasteiger partial charge in [-0.05, 0) is 66.6 Å². The van der Waals surface area contributed by atoms with Crippen LogP contribution in [0.2, 0.25) is 5.02 Å². The van der Waals surface area contributed by atoms with Crippen LogP contribution in [-0.4, -0.2) is 53.1 Å². The smallest absolute Gasteiger partial charge is 0.175 e. The van der Waals surface area contributed by atoms with Crippen LogP contribution in [-0.2, 0) is 6.54 Å². The number of halogens is 1. The molecule has 4 aromatic rings. The van der Waals surface area contributed by atoms with Crippen molar-refractivity contribution >= 4 is 51.1 Å². The summed E-state index contributed by atoms with van der Waals surface area (Å²) in [7, 11) is 2.18. The highest BCUT2D eigenvalue weighted by molar-refractivity contribution is 7.80. The normalized spacial score (nSPS) is 14.7. The molecular formula is C28H28ClN5S.